The molecule has 1 saturated heterocycles. The van der Waals surface area contributed by atoms with Crippen LogP contribution in [0.3, 0.4) is 0 Å². The van der Waals surface area contributed by atoms with Gasteiger partial charge in [0.1, 0.15) is 6.54 Å². The third kappa shape index (κ3) is 5.43. The van der Waals surface area contributed by atoms with E-state index in [0.717, 1.165) is 38.6 Å². The number of nitrogens with one attached hydrogen (secondary N) is 1. The topological polar surface area (TPSA) is 79.0 Å². The Morgan fingerprint density at radius 3 is 2.69 bits per heavy atom. The van der Waals surface area contributed by atoms with Crippen molar-refractivity contribution >= 4 is 17.8 Å². The molecule has 7 heteroatoms. The first-order chi connectivity index (χ1) is 12.4. The molecule has 2 fully saturated rings. The maximum atomic E-state index is 12.3. The second-order valence-corrected chi connectivity index (χ2v) is 7.71. The van der Waals surface area contributed by atoms with Gasteiger partial charge in [-0.2, -0.15) is 0 Å². The van der Waals surface area contributed by atoms with Crippen LogP contribution >= 0.6 is 0 Å². The molecule has 1 saturated carbocycles. The van der Waals surface area contributed by atoms with Crippen molar-refractivity contribution in [1.29, 1.82) is 0 Å². The molecule has 0 aromatic rings. The van der Waals surface area contributed by atoms with Crippen molar-refractivity contribution in [3.05, 3.63) is 0 Å². The molecule has 1 aliphatic heterocycles. The third-order valence-corrected chi connectivity index (χ3v) is 5.92. The van der Waals surface area contributed by atoms with E-state index in [1.54, 1.807) is 11.8 Å². The lowest BCUT2D eigenvalue weighted by Crippen LogP contribution is -2.48. The van der Waals surface area contributed by atoms with Gasteiger partial charge in [-0.15, -0.1) is 0 Å². The van der Waals surface area contributed by atoms with E-state index >= 15 is 0 Å². The van der Waals surface area contributed by atoms with Crippen molar-refractivity contribution in [2.24, 2.45) is 5.92 Å². The number of hydrogen-bond donors (Lipinski definition) is 1. The lowest BCUT2D eigenvalue weighted by atomic mass is 9.85. The monoisotopic (exact) mass is 367 g/mol. The predicted molar refractivity (Wildman–Crippen MR) is 98.4 cm³/mol. The smallest absolute Gasteiger partial charge is 0.325 e. The molecule has 2 aliphatic rings. The fourth-order valence-corrected chi connectivity index (χ4v) is 3.50. The van der Waals surface area contributed by atoms with E-state index in [9.17, 15) is 14.4 Å². The van der Waals surface area contributed by atoms with Crippen LogP contribution in [0.15, 0.2) is 0 Å². The molecule has 7 nitrogen and oxygen atoms in total. The molecule has 2 rings (SSSR count). The van der Waals surface area contributed by atoms with E-state index in [1.807, 2.05) is 7.05 Å². The quantitative estimate of drug-likeness (QED) is 0.652. The highest BCUT2D eigenvalue weighted by molar-refractivity contribution is 5.82. The van der Waals surface area contributed by atoms with Crippen molar-refractivity contribution in [1.82, 2.24) is 15.1 Å². The van der Waals surface area contributed by atoms with Crippen LogP contribution < -0.4 is 5.32 Å². The highest BCUT2D eigenvalue weighted by Gasteiger charge is 2.35. The summed E-state index contributed by atoms with van der Waals surface area (Å²) in [7, 11) is 2.04. The number of nitrogens with zero attached hydrogens (tertiary/aromatic N) is 2. The number of likely N-dealkylation sites (N-methyl/N-ethyl adjacent to an activating group) is 1. The molecule has 2 amide bonds. The van der Waals surface area contributed by atoms with Crippen LogP contribution in [-0.2, 0) is 19.1 Å². The molecule has 0 radical (unpaired) electrons. The van der Waals surface area contributed by atoms with Crippen LogP contribution in [0.4, 0.5) is 0 Å². The van der Waals surface area contributed by atoms with Gasteiger partial charge >= 0.3 is 5.97 Å². The summed E-state index contributed by atoms with van der Waals surface area (Å²) in [5.41, 5.74) is -0.125. The molecule has 1 N–H and O–H groups in total. The summed E-state index contributed by atoms with van der Waals surface area (Å²) in [6.45, 7) is 6.20. The standard InChI is InChI=1S/C19H33N3O4/c1-4-26-17(24)14-22-12-10-19(2,9-8-16(22)23)21(3)13-11-20-18(25)15-6-5-7-15/h15H,4-14H2,1-3H3,(H,20,25). The molecule has 0 aromatic heterocycles. The largest absolute Gasteiger partial charge is 0.465 e. The molecule has 26 heavy (non-hydrogen) atoms. The number of carbonyl (C=O) groups excluding carboxylic acids is 3. The summed E-state index contributed by atoms with van der Waals surface area (Å²) in [4.78, 5) is 39.8. The van der Waals surface area contributed by atoms with Crippen LogP contribution in [-0.4, -0.2) is 73.0 Å². The first-order valence-electron chi connectivity index (χ1n) is 9.78. The van der Waals surface area contributed by atoms with E-state index in [0.29, 0.717) is 26.1 Å². The average Bonchev–Trinajstić information content (AvgIpc) is 2.68. The van der Waals surface area contributed by atoms with Crippen LogP contribution in [0.2, 0.25) is 0 Å². The van der Waals surface area contributed by atoms with Crippen LogP contribution in [0.25, 0.3) is 0 Å². The van der Waals surface area contributed by atoms with Gasteiger partial charge in [0.25, 0.3) is 0 Å². The van der Waals surface area contributed by atoms with Crippen LogP contribution in [0.5, 0.6) is 0 Å². The molecule has 0 bridgehead atoms. The van der Waals surface area contributed by atoms with Gasteiger partial charge in [0.05, 0.1) is 6.61 Å². The molecule has 1 heterocycles. The average molecular weight is 367 g/mol. The summed E-state index contributed by atoms with van der Waals surface area (Å²) in [6.07, 6.45) is 5.15. The lowest BCUT2D eigenvalue weighted by Gasteiger charge is -2.38. The molecular formula is C19H33N3O4. The minimum absolute atomic E-state index is 0.00784. The summed E-state index contributed by atoms with van der Waals surface area (Å²) in [5, 5.41) is 3.03. The number of amides is 2. The van der Waals surface area contributed by atoms with Gasteiger partial charge in [-0.3, -0.25) is 19.3 Å². The van der Waals surface area contributed by atoms with Gasteiger partial charge in [0.2, 0.25) is 11.8 Å². The Hall–Kier alpha value is -1.63. The second-order valence-electron chi connectivity index (χ2n) is 7.71. The van der Waals surface area contributed by atoms with Crippen molar-refractivity contribution in [2.45, 2.75) is 57.9 Å². The van der Waals surface area contributed by atoms with Gasteiger partial charge in [-0.25, -0.2) is 0 Å². The highest BCUT2D eigenvalue weighted by atomic mass is 16.5. The van der Waals surface area contributed by atoms with Crippen LogP contribution in [0, 0.1) is 5.92 Å². The zero-order valence-electron chi connectivity index (χ0n) is 16.4. The van der Waals surface area contributed by atoms with Crippen molar-refractivity contribution in [2.75, 3.05) is 39.8 Å². The Labute approximate surface area is 156 Å². The third-order valence-electron chi connectivity index (χ3n) is 5.92. The number of likely N-dealkylation sites (tertiary alicyclic amines) is 1. The molecule has 1 atom stereocenters. The first kappa shape index (κ1) is 20.7. The zero-order valence-corrected chi connectivity index (χ0v) is 16.4. The molecule has 0 spiro atoms. The number of hydrogen-bond acceptors (Lipinski definition) is 5. The minimum atomic E-state index is -0.350. The van der Waals surface area contributed by atoms with Crippen molar-refractivity contribution in [3.63, 3.8) is 0 Å². The summed E-state index contributed by atoms with van der Waals surface area (Å²) < 4.78 is 4.96. The van der Waals surface area contributed by atoms with Gasteiger partial charge in [-0.05, 0) is 46.6 Å². The first-order valence-corrected chi connectivity index (χ1v) is 9.78. The summed E-state index contributed by atoms with van der Waals surface area (Å²) in [5.74, 6) is 0.0410. The number of ether oxygens (including phenoxy) is 1. The molecule has 1 aliphatic carbocycles. The van der Waals surface area contributed by atoms with E-state index in [2.05, 4.69) is 17.1 Å². The molecule has 148 valence electrons. The Morgan fingerprint density at radius 2 is 2.08 bits per heavy atom. The fourth-order valence-electron chi connectivity index (χ4n) is 3.50. The SMILES string of the molecule is CCOC(=O)CN1CCC(C)(N(C)CCNC(=O)C2CCC2)CCC1=O. The maximum absolute atomic E-state index is 12.3. The van der Waals surface area contributed by atoms with E-state index in [1.165, 1.54) is 0 Å². The molecular weight excluding hydrogens is 334 g/mol. The Morgan fingerprint density at radius 1 is 1.35 bits per heavy atom. The van der Waals surface area contributed by atoms with Gasteiger partial charge in [0, 0.05) is 37.5 Å². The molecule has 0 aromatic carbocycles. The van der Waals surface area contributed by atoms with E-state index in [-0.39, 0.29) is 35.8 Å². The molecule has 1 unspecified atom stereocenters. The second kappa shape index (κ2) is 9.35. The van der Waals surface area contributed by atoms with Crippen molar-refractivity contribution < 1.29 is 19.1 Å². The Bertz CT molecular complexity index is 521. The normalized spacial score (nSPS) is 24.2. The number of esters is 1. The maximum Gasteiger partial charge on any atom is 0.325 e. The van der Waals surface area contributed by atoms with Crippen molar-refractivity contribution in [3.8, 4) is 0 Å². The fraction of sp³-hybridized carbons (Fsp3) is 0.842. The van der Waals surface area contributed by atoms with Gasteiger partial charge in [0.15, 0.2) is 0 Å². The highest BCUT2D eigenvalue weighted by Crippen LogP contribution is 2.28. The minimum Gasteiger partial charge on any atom is -0.465 e. The van der Waals surface area contributed by atoms with E-state index in [4.69, 9.17) is 4.74 Å². The Kier molecular flexibility index (Phi) is 7.43. The van der Waals surface area contributed by atoms with E-state index < -0.39 is 0 Å². The Balaban J connectivity index is 1.80. The zero-order chi connectivity index (χ0) is 19.2. The predicted octanol–water partition coefficient (Wildman–Crippen LogP) is 1.17. The van der Waals surface area contributed by atoms with Gasteiger partial charge < -0.3 is 15.0 Å². The number of carbonyl (C=O) groups is 3. The van der Waals surface area contributed by atoms with Crippen LogP contribution in [0.1, 0.15) is 52.4 Å². The number of rotatable bonds is 8. The van der Waals surface area contributed by atoms with Gasteiger partial charge in [-0.1, -0.05) is 6.42 Å². The summed E-state index contributed by atoms with van der Waals surface area (Å²) in [6, 6.07) is 0. The lowest BCUT2D eigenvalue weighted by molar-refractivity contribution is -0.148. The summed E-state index contributed by atoms with van der Waals surface area (Å²) >= 11 is 0.